The molecule has 1 aromatic heterocycles. The van der Waals surface area contributed by atoms with Crippen molar-refractivity contribution in [3.63, 3.8) is 0 Å². The molecule has 4 N–H and O–H groups in total. The lowest BCUT2D eigenvalue weighted by Crippen LogP contribution is -2.62. The van der Waals surface area contributed by atoms with Crippen molar-refractivity contribution in [3.8, 4) is 5.75 Å². The molecule has 4 rings (SSSR count). The van der Waals surface area contributed by atoms with E-state index in [0.29, 0.717) is 21.4 Å². The maximum atomic E-state index is 11.8. The van der Waals surface area contributed by atoms with Crippen LogP contribution in [-0.2, 0) is 16.1 Å². The maximum Gasteiger partial charge on any atom is 0.217 e. The van der Waals surface area contributed by atoms with Gasteiger partial charge in [-0.05, 0) is 37.2 Å². The Kier molecular flexibility index (Phi) is 6.84. The van der Waals surface area contributed by atoms with Crippen LogP contribution in [0.4, 0.5) is 0 Å². The summed E-state index contributed by atoms with van der Waals surface area (Å²) in [5.41, 5.74) is 0. The van der Waals surface area contributed by atoms with Crippen molar-refractivity contribution >= 4 is 29.7 Å². The third kappa shape index (κ3) is 4.54. The van der Waals surface area contributed by atoms with Gasteiger partial charge in [0.05, 0.1) is 11.6 Å². The zero-order valence-corrected chi connectivity index (χ0v) is 18.9. The highest BCUT2D eigenvalue weighted by Crippen LogP contribution is 2.38. The molecule has 1 aliphatic carbocycles. The maximum absolute atomic E-state index is 11.8. The van der Waals surface area contributed by atoms with Crippen LogP contribution >= 0.6 is 23.8 Å². The molecule has 1 saturated heterocycles. The number of carbonyl (C=O) groups excluding carboxylic acids is 1. The Bertz CT molecular complexity index is 1040. The van der Waals surface area contributed by atoms with E-state index >= 15 is 0 Å². The monoisotopic (exact) mass is 484 g/mol. The van der Waals surface area contributed by atoms with Crippen LogP contribution in [0.25, 0.3) is 0 Å². The molecular formula is C20H25ClN4O6S. The van der Waals surface area contributed by atoms with Crippen molar-refractivity contribution in [2.24, 2.45) is 0 Å². The molecule has 2 heterocycles. The fourth-order valence-corrected chi connectivity index (χ4v) is 4.39. The summed E-state index contributed by atoms with van der Waals surface area (Å²) in [4.78, 5) is 11.8. The highest BCUT2D eigenvalue weighted by Gasteiger charge is 2.47. The Morgan fingerprint density at radius 3 is 2.69 bits per heavy atom. The summed E-state index contributed by atoms with van der Waals surface area (Å²) in [6.45, 7) is 0.850. The van der Waals surface area contributed by atoms with Crippen LogP contribution in [-0.4, -0.2) is 66.5 Å². The summed E-state index contributed by atoms with van der Waals surface area (Å²) in [6.07, 6.45) is -3.04. The number of para-hydroxylation sites is 1. The first-order chi connectivity index (χ1) is 15.3. The largest absolute Gasteiger partial charge is 0.484 e. The molecule has 2 aliphatic rings. The molecule has 32 heavy (non-hydrogen) atoms. The van der Waals surface area contributed by atoms with E-state index in [4.69, 9.17) is 33.3 Å². The summed E-state index contributed by atoms with van der Waals surface area (Å²) in [7, 11) is 0. The molecular weight excluding hydrogens is 460 g/mol. The minimum atomic E-state index is -1.40. The number of hydrogen-bond acceptors (Lipinski definition) is 8. The summed E-state index contributed by atoms with van der Waals surface area (Å²) in [5.74, 6) is 0.609. The standard InChI is InChI=1S/C20H25ClN4O6S/c1-10(27)22-16-18(29)17(28)14(8-26)31-19(16)25-20(32)24(11-6-7-11)15(23-25)9-30-13-5-3-2-4-12(13)21/h2-5,11,14,16-19,26,28-29H,6-9H2,1H3,(H,22,27). The Labute approximate surface area is 194 Å². The second-order valence-electron chi connectivity index (χ2n) is 7.92. The lowest BCUT2D eigenvalue weighted by molar-refractivity contribution is -0.219. The van der Waals surface area contributed by atoms with Gasteiger partial charge < -0.3 is 30.1 Å². The number of amides is 1. The van der Waals surface area contributed by atoms with E-state index in [1.165, 1.54) is 11.6 Å². The normalized spacial score (nSPS) is 27.8. The topological polar surface area (TPSA) is 131 Å². The second-order valence-corrected chi connectivity index (χ2v) is 8.69. The Morgan fingerprint density at radius 1 is 1.34 bits per heavy atom. The summed E-state index contributed by atoms with van der Waals surface area (Å²) in [5, 5.41) is 38.1. The van der Waals surface area contributed by atoms with Crippen molar-refractivity contribution in [2.75, 3.05) is 6.61 Å². The first kappa shape index (κ1) is 23.1. The van der Waals surface area contributed by atoms with E-state index in [-0.39, 0.29) is 12.6 Å². The molecule has 0 spiro atoms. The van der Waals surface area contributed by atoms with Gasteiger partial charge in [-0.3, -0.25) is 9.36 Å². The molecule has 1 aliphatic heterocycles. The van der Waals surface area contributed by atoms with Crippen LogP contribution < -0.4 is 10.1 Å². The van der Waals surface area contributed by atoms with Crippen molar-refractivity contribution in [2.45, 2.75) is 63.0 Å². The Morgan fingerprint density at radius 2 is 2.06 bits per heavy atom. The van der Waals surface area contributed by atoms with Gasteiger partial charge in [0.15, 0.2) is 12.1 Å². The van der Waals surface area contributed by atoms with Gasteiger partial charge in [0.2, 0.25) is 10.7 Å². The number of aliphatic hydroxyl groups is 3. The number of benzene rings is 1. The molecule has 5 unspecified atom stereocenters. The summed E-state index contributed by atoms with van der Waals surface area (Å²) < 4.78 is 15.3. The van der Waals surface area contributed by atoms with Crippen LogP contribution in [0.5, 0.6) is 5.75 Å². The van der Waals surface area contributed by atoms with Gasteiger partial charge in [-0.1, -0.05) is 23.7 Å². The Hall–Kier alpha value is -2.02. The lowest BCUT2D eigenvalue weighted by Gasteiger charge is -2.42. The number of hydrogen-bond donors (Lipinski definition) is 4. The first-order valence-electron chi connectivity index (χ1n) is 10.3. The predicted octanol–water partition coefficient (Wildman–Crippen LogP) is 1.10. The molecule has 0 bridgehead atoms. The van der Waals surface area contributed by atoms with Gasteiger partial charge in [-0.2, -0.15) is 5.10 Å². The fourth-order valence-electron chi connectivity index (χ4n) is 3.80. The number of aromatic nitrogens is 3. The fraction of sp³-hybridized carbons (Fsp3) is 0.550. The zero-order chi connectivity index (χ0) is 23.0. The van der Waals surface area contributed by atoms with Crippen molar-refractivity contribution in [1.82, 2.24) is 19.7 Å². The second kappa shape index (κ2) is 9.46. The van der Waals surface area contributed by atoms with Gasteiger partial charge in [0.1, 0.15) is 36.7 Å². The average Bonchev–Trinajstić information content (AvgIpc) is 3.54. The predicted molar refractivity (Wildman–Crippen MR) is 116 cm³/mol. The van der Waals surface area contributed by atoms with Crippen LogP contribution in [0.15, 0.2) is 24.3 Å². The molecule has 1 amide bonds. The van der Waals surface area contributed by atoms with Crippen LogP contribution in [0.3, 0.4) is 0 Å². The van der Waals surface area contributed by atoms with Crippen LogP contribution in [0.1, 0.15) is 37.9 Å². The SMILES string of the molecule is CC(=O)NC1C(O)C(O)C(CO)OC1n1nc(COc2ccccc2Cl)n(C2CC2)c1=S. The van der Waals surface area contributed by atoms with E-state index in [1.54, 1.807) is 18.2 Å². The molecule has 0 radical (unpaired) electrons. The summed E-state index contributed by atoms with van der Waals surface area (Å²) in [6, 6.07) is 6.21. The molecule has 1 saturated carbocycles. The van der Waals surface area contributed by atoms with Crippen LogP contribution in [0, 0.1) is 4.77 Å². The number of aliphatic hydroxyl groups excluding tert-OH is 3. The number of ether oxygens (including phenoxy) is 2. The molecule has 10 nitrogen and oxygen atoms in total. The average molecular weight is 485 g/mol. The zero-order valence-electron chi connectivity index (χ0n) is 17.3. The van der Waals surface area contributed by atoms with Crippen molar-refractivity contribution < 1.29 is 29.6 Å². The van der Waals surface area contributed by atoms with E-state index < -0.39 is 43.1 Å². The highest BCUT2D eigenvalue weighted by atomic mass is 35.5. The molecule has 1 aromatic carbocycles. The third-order valence-corrected chi connectivity index (χ3v) is 6.22. The summed E-state index contributed by atoms with van der Waals surface area (Å²) >= 11 is 11.8. The number of nitrogens with one attached hydrogen (secondary N) is 1. The van der Waals surface area contributed by atoms with E-state index in [2.05, 4.69) is 10.4 Å². The van der Waals surface area contributed by atoms with Gasteiger partial charge >= 0.3 is 0 Å². The minimum Gasteiger partial charge on any atom is -0.484 e. The van der Waals surface area contributed by atoms with Gasteiger partial charge in [0, 0.05) is 13.0 Å². The van der Waals surface area contributed by atoms with Gasteiger partial charge in [-0.25, -0.2) is 4.68 Å². The molecule has 174 valence electrons. The first-order valence-corrected chi connectivity index (χ1v) is 11.1. The van der Waals surface area contributed by atoms with Crippen molar-refractivity contribution in [1.29, 1.82) is 0 Å². The molecule has 5 atom stereocenters. The number of halogens is 1. The molecule has 2 aromatic rings. The van der Waals surface area contributed by atoms with Crippen molar-refractivity contribution in [3.05, 3.63) is 39.9 Å². The number of nitrogens with zero attached hydrogens (tertiary/aromatic N) is 3. The lowest BCUT2D eigenvalue weighted by atomic mass is 9.96. The smallest absolute Gasteiger partial charge is 0.217 e. The van der Waals surface area contributed by atoms with E-state index in [1.807, 2.05) is 10.6 Å². The molecule has 2 fully saturated rings. The van der Waals surface area contributed by atoms with E-state index in [9.17, 15) is 20.1 Å². The quantitative estimate of drug-likeness (QED) is 0.430. The third-order valence-electron chi connectivity index (χ3n) is 5.52. The number of carbonyl (C=O) groups is 1. The van der Waals surface area contributed by atoms with Gasteiger partial charge in [-0.15, -0.1) is 0 Å². The van der Waals surface area contributed by atoms with E-state index in [0.717, 1.165) is 12.8 Å². The Balaban J connectivity index is 1.68. The highest BCUT2D eigenvalue weighted by molar-refractivity contribution is 7.71. The van der Waals surface area contributed by atoms with Gasteiger partial charge in [0.25, 0.3) is 0 Å². The van der Waals surface area contributed by atoms with Crippen LogP contribution in [0.2, 0.25) is 5.02 Å². The molecule has 12 heteroatoms. The minimum absolute atomic E-state index is 0.0863. The number of rotatable bonds is 7.